The lowest BCUT2D eigenvalue weighted by Crippen LogP contribution is -2.33. The first kappa shape index (κ1) is 22.5. The molecular weight excluding hydrogens is 468 g/mol. The zero-order chi connectivity index (χ0) is 21.7. The van der Waals surface area contributed by atoms with E-state index in [1.165, 1.54) is 18.2 Å². The highest BCUT2D eigenvalue weighted by atomic mass is 79.9. The second kappa shape index (κ2) is 9.74. The van der Waals surface area contributed by atoms with Gasteiger partial charge in [-0.05, 0) is 43.3 Å². The maximum atomic E-state index is 13.8. The molecule has 10 heteroatoms. The Morgan fingerprint density at radius 3 is 2.60 bits per heavy atom. The molecule has 0 saturated carbocycles. The molecule has 1 aromatic heterocycles. The summed E-state index contributed by atoms with van der Waals surface area (Å²) in [5.74, 6) is -0.276. The lowest BCUT2D eigenvalue weighted by molar-refractivity contribution is -0.137. The van der Waals surface area contributed by atoms with E-state index < -0.39 is 17.6 Å². The van der Waals surface area contributed by atoms with Crippen LogP contribution in [-0.4, -0.2) is 48.5 Å². The molecule has 162 valence electrons. The number of rotatable bonds is 5. The average molecular weight is 489 g/mol. The van der Waals surface area contributed by atoms with Crippen LogP contribution in [0.4, 0.5) is 29.1 Å². The number of carbonyl (C=O) groups is 1. The highest BCUT2D eigenvalue weighted by molar-refractivity contribution is 9.10. The second-order valence-electron chi connectivity index (χ2n) is 7.01. The van der Waals surface area contributed by atoms with Crippen LogP contribution in [0.2, 0.25) is 0 Å². The SMILES string of the molecule is O=C(CCN1CCCN(c2ccc(C(F)(F)F)cn2)CC1)Nc1ccc(Br)cc1F. The van der Waals surface area contributed by atoms with E-state index in [0.29, 0.717) is 36.5 Å². The second-order valence-corrected chi connectivity index (χ2v) is 7.92. The van der Waals surface area contributed by atoms with E-state index >= 15 is 0 Å². The van der Waals surface area contributed by atoms with Crippen molar-refractivity contribution in [2.24, 2.45) is 0 Å². The molecule has 0 spiro atoms. The minimum absolute atomic E-state index is 0.138. The number of alkyl halides is 3. The van der Waals surface area contributed by atoms with E-state index in [-0.39, 0.29) is 18.0 Å². The predicted molar refractivity (Wildman–Crippen MR) is 110 cm³/mol. The molecule has 0 atom stereocenters. The number of pyridine rings is 1. The van der Waals surface area contributed by atoms with Gasteiger partial charge in [0.25, 0.3) is 0 Å². The number of hydrogen-bond acceptors (Lipinski definition) is 4. The van der Waals surface area contributed by atoms with Crippen LogP contribution in [0.25, 0.3) is 0 Å². The van der Waals surface area contributed by atoms with Gasteiger partial charge in [0.2, 0.25) is 5.91 Å². The third kappa shape index (κ3) is 6.15. The molecule has 1 aliphatic heterocycles. The van der Waals surface area contributed by atoms with Gasteiger partial charge in [0.1, 0.15) is 11.6 Å². The van der Waals surface area contributed by atoms with Crippen molar-refractivity contribution in [1.29, 1.82) is 0 Å². The fraction of sp³-hybridized carbons (Fsp3) is 0.400. The predicted octanol–water partition coefficient (Wildman–Crippen LogP) is 4.54. The van der Waals surface area contributed by atoms with Crippen LogP contribution in [0.15, 0.2) is 41.0 Å². The molecule has 1 amide bonds. The first-order valence-electron chi connectivity index (χ1n) is 9.48. The van der Waals surface area contributed by atoms with Gasteiger partial charge in [0.05, 0.1) is 11.3 Å². The van der Waals surface area contributed by atoms with Crippen LogP contribution >= 0.6 is 15.9 Å². The quantitative estimate of drug-likeness (QED) is 0.627. The number of aromatic nitrogens is 1. The van der Waals surface area contributed by atoms with Gasteiger partial charge in [-0.25, -0.2) is 9.37 Å². The molecule has 0 unspecified atom stereocenters. The minimum atomic E-state index is -4.40. The van der Waals surface area contributed by atoms with Gasteiger partial charge < -0.3 is 15.1 Å². The van der Waals surface area contributed by atoms with E-state index in [1.54, 1.807) is 6.07 Å². The van der Waals surface area contributed by atoms with Gasteiger partial charge in [-0.3, -0.25) is 4.79 Å². The number of nitrogens with zero attached hydrogens (tertiary/aromatic N) is 3. The van der Waals surface area contributed by atoms with E-state index in [2.05, 4.69) is 31.1 Å². The zero-order valence-electron chi connectivity index (χ0n) is 16.1. The molecule has 2 heterocycles. The third-order valence-electron chi connectivity index (χ3n) is 4.85. The Labute approximate surface area is 180 Å². The zero-order valence-corrected chi connectivity index (χ0v) is 17.6. The highest BCUT2D eigenvalue weighted by Crippen LogP contribution is 2.29. The maximum absolute atomic E-state index is 13.8. The van der Waals surface area contributed by atoms with Gasteiger partial charge in [-0.2, -0.15) is 13.2 Å². The molecule has 0 bridgehead atoms. The van der Waals surface area contributed by atoms with Crippen LogP contribution in [0, 0.1) is 5.82 Å². The van der Waals surface area contributed by atoms with Gasteiger partial charge in [0, 0.05) is 43.3 Å². The van der Waals surface area contributed by atoms with Crippen LogP contribution in [0.3, 0.4) is 0 Å². The Morgan fingerprint density at radius 1 is 1.13 bits per heavy atom. The van der Waals surface area contributed by atoms with Crippen molar-refractivity contribution in [3.63, 3.8) is 0 Å². The van der Waals surface area contributed by atoms with E-state index in [9.17, 15) is 22.4 Å². The summed E-state index contributed by atoms with van der Waals surface area (Å²) in [4.78, 5) is 20.2. The fourth-order valence-electron chi connectivity index (χ4n) is 3.23. The normalized spacial score (nSPS) is 15.7. The number of anilines is 2. The molecule has 5 nitrogen and oxygen atoms in total. The monoisotopic (exact) mass is 488 g/mol. The summed E-state index contributed by atoms with van der Waals surface area (Å²) in [5, 5.41) is 2.57. The van der Waals surface area contributed by atoms with Crippen LogP contribution in [0.5, 0.6) is 0 Å². The van der Waals surface area contributed by atoms with Crippen molar-refractivity contribution >= 4 is 33.3 Å². The lowest BCUT2D eigenvalue weighted by Gasteiger charge is -2.23. The molecule has 0 aliphatic carbocycles. The molecule has 1 fully saturated rings. The summed E-state index contributed by atoms with van der Waals surface area (Å²) < 4.78 is 52.5. The van der Waals surface area contributed by atoms with Crippen molar-refractivity contribution in [3.05, 3.63) is 52.4 Å². The van der Waals surface area contributed by atoms with Crippen LogP contribution < -0.4 is 10.2 Å². The molecule has 1 aromatic carbocycles. The largest absolute Gasteiger partial charge is 0.417 e. The number of hydrogen-bond donors (Lipinski definition) is 1. The van der Waals surface area contributed by atoms with Gasteiger partial charge in [0.15, 0.2) is 0 Å². The Bertz CT molecular complexity index is 876. The van der Waals surface area contributed by atoms with Crippen LogP contribution in [0.1, 0.15) is 18.4 Å². The van der Waals surface area contributed by atoms with E-state index in [4.69, 9.17) is 0 Å². The van der Waals surface area contributed by atoms with E-state index in [0.717, 1.165) is 25.2 Å². The fourth-order valence-corrected chi connectivity index (χ4v) is 3.56. The summed E-state index contributed by atoms with van der Waals surface area (Å²) in [6.45, 7) is 3.20. The molecule has 0 radical (unpaired) electrons. The minimum Gasteiger partial charge on any atom is -0.355 e. The van der Waals surface area contributed by atoms with Gasteiger partial charge in [-0.1, -0.05) is 15.9 Å². The number of carbonyl (C=O) groups excluding carboxylic acids is 1. The molecule has 1 aliphatic rings. The topological polar surface area (TPSA) is 48.5 Å². The summed E-state index contributed by atoms with van der Waals surface area (Å²) >= 11 is 3.17. The standard InChI is InChI=1S/C20H21BrF4N4O/c21-15-3-4-17(16(22)12-15)27-19(30)6-9-28-7-1-8-29(11-10-28)18-5-2-14(13-26-18)20(23,24)25/h2-5,12-13H,1,6-11H2,(H,27,30). The Hall–Kier alpha value is -2.20. The number of halogens is 5. The molecule has 2 aromatic rings. The summed E-state index contributed by atoms with van der Waals surface area (Å²) in [6, 6.07) is 6.86. The first-order chi connectivity index (χ1) is 14.2. The van der Waals surface area contributed by atoms with Crippen molar-refractivity contribution in [2.75, 3.05) is 42.9 Å². The Kier molecular flexibility index (Phi) is 7.30. The molecule has 3 rings (SSSR count). The molecular formula is C20H21BrF4N4O. The Morgan fingerprint density at radius 2 is 1.93 bits per heavy atom. The average Bonchev–Trinajstić information content (AvgIpc) is 2.94. The number of benzene rings is 1. The number of nitrogens with one attached hydrogen (secondary N) is 1. The highest BCUT2D eigenvalue weighted by Gasteiger charge is 2.31. The summed E-state index contributed by atoms with van der Waals surface area (Å²) in [5.41, 5.74) is -0.630. The summed E-state index contributed by atoms with van der Waals surface area (Å²) in [7, 11) is 0. The van der Waals surface area contributed by atoms with Crippen molar-refractivity contribution in [2.45, 2.75) is 19.0 Å². The smallest absolute Gasteiger partial charge is 0.355 e. The number of amides is 1. The van der Waals surface area contributed by atoms with Crippen molar-refractivity contribution in [3.8, 4) is 0 Å². The third-order valence-corrected chi connectivity index (χ3v) is 5.34. The maximum Gasteiger partial charge on any atom is 0.417 e. The molecule has 30 heavy (non-hydrogen) atoms. The lowest BCUT2D eigenvalue weighted by atomic mass is 10.2. The van der Waals surface area contributed by atoms with Gasteiger partial charge >= 0.3 is 6.18 Å². The van der Waals surface area contributed by atoms with Crippen molar-refractivity contribution in [1.82, 2.24) is 9.88 Å². The van der Waals surface area contributed by atoms with Gasteiger partial charge in [-0.15, -0.1) is 0 Å². The van der Waals surface area contributed by atoms with Crippen LogP contribution in [-0.2, 0) is 11.0 Å². The first-order valence-corrected chi connectivity index (χ1v) is 10.3. The summed E-state index contributed by atoms with van der Waals surface area (Å²) in [6.07, 6.45) is -2.54. The molecule has 1 N–H and O–H groups in total. The Balaban J connectivity index is 1.48. The molecule has 1 saturated heterocycles. The van der Waals surface area contributed by atoms with Crippen molar-refractivity contribution < 1.29 is 22.4 Å². The van der Waals surface area contributed by atoms with E-state index in [1.807, 2.05) is 4.90 Å².